The van der Waals surface area contributed by atoms with Crippen LogP contribution in [0, 0.1) is 5.82 Å². The summed E-state index contributed by atoms with van der Waals surface area (Å²) < 4.78 is 13.0. The highest BCUT2D eigenvalue weighted by Gasteiger charge is 2.34. The first-order valence-electron chi connectivity index (χ1n) is 7.90. The van der Waals surface area contributed by atoms with Crippen LogP contribution in [-0.4, -0.2) is 43.0 Å². The molecule has 2 saturated heterocycles. The van der Waals surface area contributed by atoms with Crippen molar-refractivity contribution >= 4 is 5.91 Å². The summed E-state index contributed by atoms with van der Waals surface area (Å²) >= 11 is 0. The van der Waals surface area contributed by atoms with Gasteiger partial charge < -0.3 is 10.2 Å². The summed E-state index contributed by atoms with van der Waals surface area (Å²) in [6.07, 6.45) is 2.70. The Morgan fingerprint density at radius 3 is 2.55 bits per heavy atom. The Balaban J connectivity index is 1.56. The number of halogens is 1. The van der Waals surface area contributed by atoms with Crippen LogP contribution >= 0.6 is 0 Å². The lowest BCUT2D eigenvalue weighted by molar-refractivity contribution is -0.134. The molecule has 6 heteroatoms. The van der Waals surface area contributed by atoms with Crippen molar-refractivity contribution in [2.24, 2.45) is 0 Å². The van der Waals surface area contributed by atoms with Gasteiger partial charge in [-0.25, -0.2) is 15.2 Å². The van der Waals surface area contributed by atoms with Crippen molar-refractivity contribution in [2.75, 3.05) is 20.1 Å². The van der Waals surface area contributed by atoms with E-state index in [2.05, 4.69) is 16.2 Å². The van der Waals surface area contributed by atoms with Crippen LogP contribution in [0.1, 0.15) is 30.9 Å². The third-order valence-corrected chi connectivity index (χ3v) is 4.69. The molecule has 22 heavy (non-hydrogen) atoms. The summed E-state index contributed by atoms with van der Waals surface area (Å²) in [6.45, 7) is 1.62. The molecule has 3 rings (SSSR count). The molecule has 5 nitrogen and oxygen atoms in total. The summed E-state index contributed by atoms with van der Waals surface area (Å²) in [5.74, 6) is -0.0820. The molecule has 2 aliphatic rings. The van der Waals surface area contributed by atoms with Crippen molar-refractivity contribution in [3.63, 3.8) is 0 Å². The number of nitrogens with zero attached hydrogens (tertiary/aromatic N) is 1. The van der Waals surface area contributed by atoms with Gasteiger partial charge in [-0.1, -0.05) is 12.1 Å². The summed E-state index contributed by atoms with van der Waals surface area (Å²) in [5, 5.41) is 3.27. The van der Waals surface area contributed by atoms with Crippen LogP contribution in [0.25, 0.3) is 0 Å². The number of carbonyl (C=O) groups excluding carboxylic acids is 1. The molecule has 2 heterocycles. The van der Waals surface area contributed by atoms with E-state index in [-0.39, 0.29) is 23.8 Å². The molecule has 1 aromatic carbocycles. The minimum Gasteiger partial charge on any atom is -0.341 e. The predicted octanol–water partition coefficient (Wildman–Crippen LogP) is 0.944. The first-order valence-corrected chi connectivity index (χ1v) is 7.90. The Bertz CT molecular complexity index is 513. The number of hydrogen-bond acceptors (Lipinski definition) is 4. The number of benzene rings is 1. The number of rotatable bonds is 3. The molecule has 0 radical (unpaired) electrons. The van der Waals surface area contributed by atoms with Gasteiger partial charge in [0, 0.05) is 25.2 Å². The Hall–Kier alpha value is -1.50. The van der Waals surface area contributed by atoms with Gasteiger partial charge in [0.25, 0.3) is 0 Å². The monoisotopic (exact) mass is 306 g/mol. The highest BCUT2D eigenvalue weighted by atomic mass is 19.1. The quantitative estimate of drug-likeness (QED) is 0.778. The molecular formula is C16H23FN4O. The topological polar surface area (TPSA) is 56.4 Å². The molecular weight excluding hydrogens is 283 g/mol. The number of hydrogen-bond donors (Lipinski definition) is 3. The van der Waals surface area contributed by atoms with Crippen LogP contribution in [0.3, 0.4) is 0 Å². The molecule has 2 atom stereocenters. The number of amides is 1. The number of likely N-dealkylation sites (tertiary alicyclic amines) is 1. The summed E-state index contributed by atoms with van der Waals surface area (Å²) in [4.78, 5) is 14.5. The van der Waals surface area contributed by atoms with Gasteiger partial charge in [-0.2, -0.15) is 0 Å². The van der Waals surface area contributed by atoms with Crippen LogP contribution in [0.15, 0.2) is 24.3 Å². The van der Waals surface area contributed by atoms with Crippen molar-refractivity contribution < 1.29 is 9.18 Å². The van der Waals surface area contributed by atoms with Crippen LogP contribution in [0.5, 0.6) is 0 Å². The van der Waals surface area contributed by atoms with Crippen LogP contribution in [0.4, 0.5) is 4.39 Å². The SMILES string of the molecule is CNC1CCN(C(=O)C2CC(c3ccc(F)cc3)NN2)CC1. The smallest absolute Gasteiger partial charge is 0.241 e. The molecule has 1 aromatic rings. The molecule has 2 fully saturated rings. The van der Waals surface area contributed by atoms with E-state index in [1.165, 1.54) is 12.1 Å². The minimum absolute atomic E-state index is 0.0457. The maximum atomic E-state index is 13.0. The van der Waals surface area contributed by atoms with E-state index in [0.717, 1.165) is 31.5 Å². The fraction of sp³-hybridized carbons (Fsp3) is 0.562. The normalized spacial score (nSPS) is 26.4. The zero-order valence-corrected chi connectivity index (χ0v) is 12.8. The third-order valence-electron chi connectivity index (χ3n) is 4.69. The van der Waals surface area contributed by atoms with Crippen LogP contribution in [-0.2, 0) is 4.79 Å². The van der Waals surface area contributed by atoms with Crippen molar-refractivity contribution in [2.45, 2.75) is 37.4 Å². The molecule has 0 bridgehead atoms. The average Bonchev–Trinajstić information content (AvgIpc) is 3.05. The van der Waals surface area contributed by atoms with E-state index in [0.29, 0.717) is 12.5 Å². The van der Waals surface area contributed by atoms with Crippen molar-refractivity contribution in [3.8, 4) is 0 Å². The second kappa shape index (κ2) is 6.73. The fourth-order valence-electron chi connectivity index (χ4n) is 3.24. The number of carbonyl (C=O) groups is 1. The van der Waals surface area contributed by atoms with Gasteiger partial charge in [-0.05, 0) is 44.0 Å². The lowest BCUT2D eigenvalue weighted by atomic mass is 10.00. The van der Waals surface area contributed by atoms with E-state index >= 15 is 0 Å². The number of nitrogens with one attached hydrogen (secondary N) is 3. The number of hydrazine groups is 1. The molecule has 3 N–H and O–H groups in total. The second-order valence-electron chi connectivity index (χ2n) is 6.07. The van der Waals surface area contributed by atoms with E-state index in [4.69, 9.17) is 0 Å². The van der Waals surface area contributed by atoms with E-state index in [9.17, 15) is 9.18 Å². The lowest BCUT2D eigenvalue weighted by Gasteiger charge is -2.33. The lowest BCUT2D eigenvalue weighted by Crippen LogP contribution is -2.50. The first-order chi connectivity index (χ1) is 10.7. The maximum Gasteiger partial charge on any atom is 0.241 e. The summed E-state index contributed by atoms with van der Waals surface area (Å²) in [6, 6.07) is 6.79. The van der Waals surface area contributed by atoms with E-state index in [1.807, 2.05) is 11.9 Å². The van der Waals surface area contributed by atoms with Gasteiger partial charge in [0.15, 0.2) is 0 Å². The zero-order valence-electron chi connectivity index (χ0n) is 12.8. The minimum atomic E-state index is -0.241. The average molecular weight is 306 g/mol. The number of piperidine rings is 1. The summed E-state index contributed by atoms with van der Waals surface area (Å²) in [7, 11) is 1.97. The Morgan fingerprint density at radius 2 is 1.91 bits per heavy atom. The molecule has 1 amide bonds. The summed E-state index contributed by atoms with van der Waals surface area (Å²) in [5.41, 5.74) is 7.24. The molecule has 120 valence electrons. The first kappa shape index (κ1) is 15.4. The maximum absolute atomic E-state index is 13.0. The highest BCUT2D eigenvalue weighted by Crippen LogP contribution is 2.24. The van der Waals surface area contributed by atoms with Gasteiger partial charge in [0.05, 0.1) is 0 Å². The van der Waals surface area contributed by atoms with Gasteiger partial charge in [0.1, 0.15) is 11.9 Å². The van der Waals surface area contributed by atoms with Gasteiger partial charge >= 0.3 is 0 Å². The van der Waals surface area contributed by atoms with Crippen molar-refractivity contribution in [3.05, 3.63) is 35.6 Å². The molecule has 2 aliphatic heterocycles. The molecule has 0 saturated carbocycles. The largest absolute Gasteiger partial charge is 0.341 e. The van der Waals surface area contributed by atoms with E-state index in [1.54, 1.807) is 12.1 Å². The third kappa shape index (κ3) is 3.29. The zero-order chi connectivity index (χ0) is 15.5. The highest BCUT2D eigenvalue weighted by molar-refractivity contribution is 5.82. The molecule has 0 spiro atoms. The Kier molecular flexibility index (Phi) is 4.71. The van der Waals surface area contributed by atoms with Gasteiger partial charge in [0.2, 0.25) is 5.91 Å². The molecule has 2 unspecified atom stereocenters. The van der Waals surface area contributed by atoms with E-state index < -0.39 is 0 Å². The predicted molar refractivity (Wildman–Crippen MR) is 82.5 cm³/mol. The van der Waals surface area contributed by atoms with Gasteiger partial charge in [-0.3, -0.25) is 4.79 Å². The van der Waals surface area contributed by atoms with Crippen LogP contribution < -0.4 is 16.2 Å². The second-order valence-corrected chi connectivity index (χ2v) is 6.07. The molecule has 0 aliphatic carbocycles. The fourth-order valence-corrected chi connectivity index (χ4v) is 3.24. The Labute approximate surface area is 130 Å². The van der Waals surface area contributed by atoms with Crippen molar-refractivity contribution in [1.82, 2.24) is 21.1 Å². The van der Waals surface area contributed by atoms with Gasteiger partial charge in [-0.15, -0.1) is 0 Å². The molecule has 0 aromatic heterocycles. The standard InChI is InChI=1S/C16H23FN4O/c1-18-13-6-8-21(9-7-13)16(22)15-10-14(19-20-15)11-2-4-12(17)5-3-11/h2-5,13-15,18-20H,6-10H2,1H3. The Morgan fingerprint density at radius 1 is 1.23 bits per heavy atom. The van der Waals surface area contributed by atoms with Crippen molar-refractivity contribution in [1.29, 1.82) is 0 Å². The van der Waals surface area contributed by atoms with Crippen LogP contribution in [0.2, 0.25) is 0 Å².